The van der Waals surface area contributed by atoms with Gasteiger partial charge in [0.1, 0.15) is 5.82 Å². The molecule has 2 aliphatic rings. The first kappa shape index (κ1) is 12.1. The maximum atomic E-state index is 13.2. The highest BCUT2D eigenvalue weighted by Crippen LogP contribution is 2.28. The Kier molecular flexibility index (Phi) is 3.12. The van der Waals surface area contributed by atoms with Crippen molar-refractivity contribution in [3.63, 3.8) is 0 Å². The van der Waals surface area contributed by atoms with E-state index in [0.29, 0.717) is 5.41 Å². The zero-order valence-corrected chi connectivity index (χ0v) is 11.0. The van der Waals surface area contributed by atoms with E-state index < -0.39 is 0 Å². The van der Waals surface area contributed by atoms with E-state index in [0.717, 1.165) is 39.1 Å². The van der Waals surface area contributed by atoms with Crippen LogP contribution < -0.4 is 5.32 Å². The van der Waals surface area contributed by atoms with Gasteiger partial charge in [-0.05, 0) is 48.1 Å². The molecular formula is C15H21FN2. The van der Waals surface area contributed by atoms with Crippen molar-refractivity contribution in [2.24, 2.45) is 5.41 Å². The van der Waals surface area contributed by atoms with Gasteiger partial charge in [0.05, 0.1) is 0 Å². The molecule has 1 unspecified atom stereocenters. The first-order valence-corrected chi connectivity index (χ1v) is 6.85. The molecule has 1 N–H and O–H groups in total. The van der Waals surface area contributed by atoms with Crippen LogP contribution >= 0.6 is 0 Å². The summed E-state index contributed by atoms with van der Waals surface area (Å²) in [6.45, 7) is 7.83. The predicted molar refractivity (Wildman–Crippen MR) is 71.0 cm³/mol. The van der Waals surface area contributed by atoms with Gasteiger partial charge in [-0.1, -0.05) is 13.0 Å². The highest BCUT2D eigenvalue weighted by Gasteiger charge is 2.31. The minimum Gasteiger partial charge on any atom is -0.316 e. The summed E-state index contributed by atoms with van der Waals surface area (Å²) in [4.78, 5) is 2.52. The predicted octanol–water partition coefficient (Wildman–Crippen LogP) is 2.18. The molecule has 1 aromatic rings. The topological polar surface area (TPSA) is 15.3 Å². The number of rotatable bonds is 2. The molecule has 98 valence electrons. The van der Waals surface area contributed by atoms with Crippen molar-refractivity contribution in [1.82, 2.24) is 10.2 Å². The Labute approximate surface area is 108 Å². The average molecular weight is 248 g/mol. The van der Waals surface area contributed by atoms with Gasteiger partial charge in [0, 0.05) is 26.2 Å². The molecule has 0 saturated carbocycles. The van der Waals surface area contributed by atoms with E-state index in [-0.39, 0.29) is 5.82 Å². The third kappa shape index (κ3) is 2.43. The fourth-order valence-corrected chi connectivity index (χ4v) is 3.26. The van der Waals surface area contributed by atoms with E-state index in [1.54, 1.807) is 12.1 Å². The second-order valence-corrected chi connectivity index (χ2v) is 6.11. The maximum Gasteiger partial charge on any atom is 0.123 e. The van der Waals surface area contributed by atoms with Crippen molar-refractivity contribution in [1.29, 1.82) is 0 Å². The summed E-state index contributed by atoms with van der Waals surface area (Å²) in [5.41, 5.74) is 2.91. The number of nitrogens with zero attached hydrogens (tertiary/aromatic N) is 1. The molecule has 2 aliphatic heterocycles. The number of halogens is 1. The highest BCUT2D eigenvalue weighted by molar-refractivity contribution is 5.30. The molecule has 0 radical (unpaired) electrons. The lowest BCUT2D eigenvalue weighted by Crippen LogP contribution is -2.40. The van der Waals surface area contributed by atoms with Gasteiger partial charge in [-0.3, -0.25) is 4.90 Å². The van der Waals surface area contributed by atoms with Gasteiger partial charge in [-0.25, -0.2) is 4.39 Å². The fourth-order valence-electron chi connectivity index (χ4n) is 3.26. The molecule has 0 aromatic heterocycles. The van der Waals surface area contributed by atoms with Crippen molar-refractivity contribution in [2.75, 3.05) is 26.2 Å². The van der Waals surface area contributed by atoms with Gasteiger partial charge in [0.15, 0.2) is 0 Å². The molecule has 3 rings (SSSR count). The van der Waals surface area contributed by atoms with Crippen molar-refractivity contribution in [3.05, 3.63) is 35.1 Å². The van der Waals surface area contributed by atoms with Crippen LogP contribution in [0, 0.1) is 11.2 Å². The minimum atomic E-state index is -0.103. The van der Waals surface area contributed by atoms with Crippen LogP contribution in [0.2, 0.25) is 0 Å². The first-order valence-electron chi connectivity index (χ1n) is 6.85. The number of benzene rings is 1. The van der Waals surface area contributed by atoms with E-state index in [1.165, 1.54) is 17.5 Å². The van der Waals surface area contributed by atoms with Crippen LogP contribution in [-0.4, -0.2) is 31.1 Å². The van der Waals surface area contributed by atoms with Gasteiger partial charge in [-0.2, -0.15) is 0 Å². The lowest BCUT2D eigenvalue weighted by atomic mass is 9.88. The van der Waals surface area contributed by atoms with Gasteiger partial charge in [0.2, 0.25) is 0 Å². The van der Waals surface area contributed by atoms with Gasteiger partial charge >= 0.3 is 0 Å². The smallest absolute Gasteiger partial charge is 0.123 e. The number of fused-ring (bicyclic) bond motifs is 1. The molecule has 18 heavy (non-hydrogen) atoms. The molecular weight excluding hydrogens is 227 g/mol. The summed E-state index contributed by atoms with van der Waals surface area (Å²) in [5.74, 6) is -0.103. The van der Waals surface area contributed by atoms with Crippen LogP contribution in [0.15, 0.2) is 18.2 Å². The van der Waals surface area contributed by atoms with E-state index in [2.05, 4.69) is 17.1 Å². The van der Waals surface area contributed by atoms with Gasteiger partial charge in [-0.15, -0.1) is 0 Å². The molecule has 2 nitrogen and oxygen atoms in total. The Bertz CT molecular complexity index is 438. The summed E-state index contributed by atoms with van der Waals surface area (Å²) < 4.78 is 13.2. The van der Waals surface area contributed by atoms with E-state index in [1.807, 2.05) is 6.07 Å². The Morgan fingerprint density at radius 2 is 2.28 bits per heavy atom. The standard InChI is InChI=1S/C15H21FN2/c1-15(5-6-17-10-15)11-18-7-4-12-8-14(16)3-2-13(12)9-18/h2-3,8,17H,4-7,9-11H2,1H3. The summed E-state index contributed by atoms with van der Waals surface area (Å²) in [7, 11) is 0. The summed E-state index contributed by atoms with van der Waals surface area (Å²) >= 11 is 0. The number of nitrogens with one attached hydrogen (secondary N) is 1. The van der Waals surface area contributed by atoms with Crippen LogP contribution in [0.4, 0.5) is 4.39 Å². The quantitative estimate of drug-likeness (QED) is 0.863. The Morgan fingerprint density at radius 1 is 1.39 bits per heavy atom. The van der Waals surface area contributed by atoms with Crippen LogP contribution in [0.25, 0.3) is 0 Å². The minimum absolute atomic E-state index is 0.103. The van der Waals surface area contributed by atoms with Crippen LogP contribution in [0.3, 0.4) is 0 Å². The van der Waals surface area contributed by atoms with Crippen LogP contribution in [0.5, 0.6) is 0 Å². The molecule has 0 spiro atoms. The molecule has 1 fully saturated rings. The second kappa shape index (κ2) is 4.63. The van der Waals surface area contributed by atoms with Crippen molar-refractivity contribution >= 4 is 0 Å². The van der Waals surface area contributed by atoms with Crippen molar-refractivity contribution in [3.8, 4) is 0 Å². The first-order chi connectivity index (χ1) is 8.65. The normalized spacial score (nSPS) is 28.3. The summed E-state index contributed by atoms with van der Waals surface area (Å²) in [5, 5.41) is 3.45. The molecule has 2 heterocycles. The Morgan fingerprint density at radius 3 is 3.06 bits per heavy atom. The van der Waals surface area contributed by atoms with Gasteiger partial charge < -0.3 is 5.32 Å². The summed E-state index contributed by atoms with van der Waals surface area (Å²) in [6, 6.07) is 5.23. The third-order valence-corrected chi connectivity index (χ3v) is 4.32. The van der Waals surface area contributed by atoms with Crippen LogP contribution in [0.1, 0.15) is 24.5 Å². The van der Waals surface area contributed by atoms with Crippen molar-refractivity contribution < 1.29 is 4.39 Å². The average Bonchev–Trinajstić information content (AvgIpc) is 2.76. The van der Waals surface area contributed by atoms with Crippen LogP contribution in [-0.2, 0) is 13.0 Å². The van der Waals surface area contributed by atoms with E-state index >= 15 is 0 Å². The molecule has 0 bridgehead atoms. The molecule has 1 atom stereocenters. The molecule has 1 saturated heterocycles. The Hall–Kier alpha value is -0.930. The zero-order chi connectivity index (χ0) is 12.6. The zero-order valence-electron chi connectivity index (χ0n) is 11.0. The van der Waals surface area contributed by atoms with Gasteiger partial charge in [0.25, 0.3) is 0 Å². The molecule has 1 aromatic carbocycles. The summed E-state index contributed by atoms with van der Waals surface area (Å²) in [6.07, 6.45) is 2.25. The number of hydrogen-bond acceptors (Lipinski definition) is 2. The monoisotopic (exact) mass is 248 g/mol. The lowest BCUT2D eigenvalue weighted by molar-refractivity contribution is 0.164. The second-order valence-electron chi connectivity index (χ2n) is 6.11. The van der Waals surface area contributed by atoms with E-state index in [4.69, 9.17) is 0 Å². The lowest BCUT2D eigenvalue weighted by Gasteiger charge is -2.35. The van der Waals surface area contributed by atoms with Crippen molar-refractivity contribution in [2.45, 2.75) is 26.3 Å². The third-order valence-electron chi connectivity index (χ3n) is 4.32. The Balaban J connectivity index is 1.69. The SMILES string of the molecule is CC1(CN2CCc3cc(F)ccc3C2)CCNC1. The molecule has 0 aliphatic carbocycles. The number of hydrogen-bond donors (Lipinski definition) is 1. The molecule has 0 amide bonds. The fraction of sp³-hybridized carbons (Fsp3) is 0.600. The maximum absolute atomic E-state index is 13.2. The highest BCUT2D eigenvalue weighted by atomic mass is 19.1. The largest absolute Gasteiger partial charge is 0.316 e. The van der Waals surface area contributed by atoms with E-state index in [9.17, 15) is 4.39 Å². The molecule has 3 heteroatoms.